The van der Waals surface area contributed by atoms with Gasteiger partial charge in [-0.1, -0.05) is 13.0 Å². The van der Waals surface area contributed by atoms with Crippen LogP contribution in [0.25, 0.3) is 28.2 Å². The third kappa shape index (κ3) is 2.88. The molecule has 0 amide bonds. The van der Waals surface area contributed by atoms with Crippen LogP contribution in [0.15, 0.2) is 47.7 Å². The van der Waals surface area contributed by atoms with Gasteiger partial charge in [0.05, 0.1) is 26.1 Å². The third-order valence-electron chi connectivity index (χ3n) is 4.54. The lowest BCUT2D eigenvalue weighted by atomic mass is 10.0. The van der Waals surface area contributed by atoms with Gasteiger partial charge in [-0.25, -0.2) is 9.50 Å². The van der Waals surface area contributed by atoms with Gasteiger partial charge in [-0.05, 0) is 24.1 Å². The number of fused-ring (bicyclic) bond motifs is 1. The zero-order chi connectivity index (χ0) is 19.7. The fourth-order valence-electron chi connectivity index (χ4n) is 3.20. The summed E-state index contributed by atoms with van der Waals surface area (Å²) in [5, 5.41) is 3.16. The molecule has 142 valence electrons. The summed E-state index contributed by atoms with van der Waals surface area (Å²) in [6.45, 7) is 2.02. The van der Waals surface area contributed by atoms with Gasteiger partial charge < -0.3 is 9.47 Å². The average Bonchev–Trinajstić information content (AvgIpc) is 3.13. The lowest BCUT2D eigenvalue weighted by Crippen LogP contribution is -2.14. The molecule has 0 atom stereocenters. The van der Waals surface area contributed by atoms with Crippen molar-refractivity contribution in [1.29, 1.82) is 0 Å². The van der Waals surface area contributed by atoms with Gasteiger partial charge in [-0.15, -0.1) is 0 Å². The van der Waals surface area contributed by atoms with E-state index in [9.17, 15) is 4.79 Å². The van der Waals surface area contributed by atoms with Crippen LogP contribution in [0.2, 0.25) is 0 Å². The molecule has 0 bridgehead atoms. The molecule has 1 aromatic carbocycles. The summed E-state index contributed by atoms with van der Waals surface area (Å²) < 4.78 is 12.2. The van der Waals surface area contributed by atoms with E-state index in [1.807, 2.05) is 25.1 Å². The summed E-state index contributed by atoms with van der Waals surface area (Å²) in [6, 6.07) is 7.08. The second-order valence-corrected chi connectivity index (χ2v) is 6.12. The predicted octanol–water partition coefficient (Wildman–Crippen LogP) is 2.73. The third-order valence-corrected chi connectivity index (χ3v) is 4.54. The van der Waals surface area contributed by atoms with Crippen molar-refractivity contribution in [2.24, 2.45) is 0 Å². The molecule has 0 saturated heterocycles. The molecule has 0 radical (unpaired) electrons. The van der Waals surface area contributed by atoms with E-state index in [0.717, 1.165) is 16.8 Å². The largest absolute Gasteiger partial charge is 0.493 e. The minimum atomic E-state index is -0.216. The molecule has 0 unspecified atom stereocenters. The summed E-state index contributed by atoms with van der Waals surface area (Å²) in [7, 11) is 3.18. The second-order valence-electron chi connectivity index (χ2n) is 6.12. The molecule has 1 N–H and O–H groups in total. The molecular weight excluding hydrogens is 358 g/mol. The molecular formula is C20H19N5O3. The molecule has 4 rings (SSSR count). The lowest BCUT2D eigenvalue weighted by Gasteiger charge is -2.10. The number of aromatic amines is 1. The quantitative estimate of drug-likeness (QED) is 0.575. The highest BCUT2D eigenvalue weighted by atomic mass is 16.5. The van der Waals surface area contributed by atoms with Crippen LogP contribution in [0.1, 0.15) is 12.6 Å². The number of hydrogen-bond donors (Lipinski definition) is 1. The molecule has 3 heterocycles. The van der Waals surface area contributed by atoms with Gasteiger partial charge in [0.15, 0.2) is 17.1 Å². The van der Waals surface area contributed by atoms with Gasteiger partial charge >= 0.3 is 0 Å². The van der Waals surface area contributed by atoms with Crippen LogP contribution in [0.5, 0.6) is 11.5 Å². The predicted molar refractivity (Wildman–Crippen MR) is 105 cm³/mol. The second kappa shape index (κ2) is 7.15. The minimum Gasteiger partial charge on any atom is -0.493 e. The van der Waals surface area contributed by atoms with Gasteiger partial charge in [0.2, 0.25) is 0 Å². The molecule has 0 spiro atoms. The summed E-state index contributed by atoms with van der Waals surface area (Å²) in [5.41, 5.74) is 3.93. The standard InChI is InChI=1S/C20H19N5O3/c1-4-13-19(12-5-6-16(27-2)17(9-12)28-3)20-23-14(10-18(26)25(20)24-13)15-11-21-7-8-22-15/h5-11,24H,4H2,1-3H3. The van der Waals surface area contributed by atoms with E-state index in [4.69, 9.17) is 14.5 Å². The zero-order valence-corrected chi connectivity index (χ0v) is 15.8. The molecule has 0 aliphatic rings. The van der Waals surface area contributed by atoms with E-state index >= 15 is 0 Å². The van der Waals surface area contributed by atoms with Gasteiger partial charge in [-0.2, -0.15) is 0 Å². The van der Waals surface area contributed by atoms with Crippen LogP contribution in [0, 0.1) is 0 Å². The smallest absolute Gasteiger partial charge is 0.273 e. The normalized spacial score (nSPS) is 11.0. The van der Waals surface area contributed by atoms with Crippen LogP contribution in [0.4, 0.5) is 0 Å². The summed E-state index contributed by atoms with van der Waals surface area (Å²) in [6.07, 6.45) is 5.44. The van der Waals surface area contributed by atoms with Crippen molar-refractivity contribution < 1.29 is 9.47 Å². The van der Waals surface area contributed by atoms with Gasteiger partial charge in [-0.3, -0.25) is 19.9 Å². The van der Waals surface area contributed by atoms with Gasteiger partial charge in [0, 0.05) is 29.7 Å². The Bertz CT molecular complexity index is 1200. The summed E-state index contributed by atoms with van der Waals surface area (Å²) in [5.74, 6) is 1.24. The number of benzene rings is 1. The van der Waals surface area contributed by atoms with E-state index in [-0.39, 0.29) is 5.56 Å². The van der Waals surface area contributed by atoms with Crippen LogP contribution >= 0.6 is 0 Å². The molecule has 4 aromatic rings. The maximum atomic E-state index is 12.7. The van der Waals surface area contributed by atoms with Crippen molar-refractivity contribution in [2.75, 3.05) is 14.2 Å². The van der Waals surface area contributed by atoms with E-state index in [0.29, 0.717) is 35.0 Å². The first-order valence-corrected chi connectivity index (χ1v) is 8.79. The maximum absolute atomic E-state index is 12.7. The number of aryl methyl sites for hydroxylation is 1. The van der Waals surface area contributed by atoms with E-state index < -0.39 is 0 Å². The number of aromatic nitrogens is 5. The minimum absolute atomic E-state index is 0.216. The molecule has 0 saturated carbocycles. The van der Waals surface area contributed by atoms with Crippen LogP contribution in [0.3, 0.4) is 0 Å². The van der Waals surface area contributed by atoms with E-state index in [1.165, 1.54) is 10.6 Å². The lowest BCUT2D eigenvalue weighted by molar-refractivity contribution is 0.355. The van der Waals surface area contributed by atoms with Crippen molar-refractivity contribution in [3.8, 4) is 34.0 Å². The fraction of sp³-hybridized carbons (Fsp3) is 0.200. The van der Waals surface area contributed by atoms with Crippen molar-refractivity contribution in [3.05, 3.63) is 58.9 Å². The Kier molecular flexibility index (Phi) is 4.52. The van der Waals surface area contributed by atoms with E-state index in [2.05, 4.69) is 15.1 Å². The highest BCUT2D eigenvalue weighted by Gasteiger charge is 2.18. The number of nitrogens with zero attached hydrogens (tertiary/aromatic N) is 4. The van der Waals surface area contributed by atoms with Crippen molar-refractivity contribution in [2.45, 2.75) is 13.3 Å². The first-order chi connectivity index (χ1) is 13.7. The summed E-state index contributed by atoms with van der Waals surface area (Å²) >= 11 is 0. The fourth-order valence-corrected chi connectivity index (χ4v) is 3.20. The highest BCUT2D eigenvalue weighted by Crippen LogP contribution is 2.35. The number of H-pyrrole nitrogens is 1. The Morgan fingerprint density at radius 2 is 1.89 bits per heavy atom. The summed E-state index contributed by atoms with van der Waals surface area (Å²) in [4.78, 5) is 25.7. The zero-order valence-electron chi connectivity index (χ0n) is 15.8. The Hall–Kier alpha value is -3.68. The molecule has 8 nitrogen and oxygen atoms in total. The van der Waals surface area contributed by atoms with Crippen LogP contribution in [-0.2, 0) is 6.42 Å². The topological polar surface area (TPSA) is 94.4 Å². The molecule has 0 aliphatic heterocycles. The number of nitrogens with one attached hydrogen (secondary N) is 1. The molecule has 0 fully saturated rings. The van der Waals surface area contributed by atoms with Crippen molar-refractivity contribution in [1.82, 2.24) is 24.6 Å². The highest BCUT2D eigenvalue weighted by molar-refractivity contribution is 5.82. The molecule has 8 heteroatoms. The average molecular weight is 377 g/mol. The molecule has 3 aromatic heterocycles. The Morgan fingerprint density at radius 1 is 1.07 bits per heavy atom. The van der Waals surface area contributed by atoms with Crippen molar-refractivity contribution in [3.63, 3.8) is 0 Å². The van der Waals surface area contributed by atoms with Gasteiger partial charge in [0.1, 0.15) is 5.69 Å². The molecule has 28 heavy (non-hydrogen) atoms. The number of hydrogen-bond acceptors (Lipinski definition) is 6. The van der Waals surface area contributed by atoms with E-state index in [1.54, 1.807) is 32.8 Å². The Morgan fingerprint density at radius 3 is 2.57 bits per heavy atom. The maximum Gasteiger partial charge on any atom is 0.273 e. The first kappa shape index (κ1) is 17.7. The number of rotatable bonds is 5. The monoisotopic (exact) mass is 377 g/mol. The first-order valence-electron chi connectivity index (χ1n) is 8.79. The van der Waals surface area contributed by atoms with Gasteiger partial charge in [0.25, 0.3) is 5.56 Å². The Balaban J connectivity index is 2.00. The van der Waals surface area contributed by atoms with Crippen molar-refractivity contribution >= 4 is 5.65 Å². The Labute approximate surface area is 160 Å². The number of ether oxygens (including phenoxy) is 2. The SMILES string of the molecule is CCc1[nH]n2c(=O)cc(-c3cnccn3)nc2c1-c1ccc(OC)c(OC)c1. The van der Waals surface area contributed by atoms with Crippen LogP contribution in [-0.4, -0.2) is 38.8 Å². The number of methoxy groups -OCH3 is 2. The van der Waals surface area contributed by atoms with Crippen LogP contribution < -0.4 is 15.0 Å². The molecule has 0 aliphatic carbocycles.